The van der Waals surface area contributed by atoms with Gasteiger partial charge in [0.2, 0.25) is 0 Å². The second kappa shape index (κ2) is 8.30. The summed E-state index contributed by atoms with van der Waals surface area (Å²) in [6, 6.07) is 10.1. The molecule has 32 heavy (non-hydrogen) atoms. The molecule has 1 aromatic heterocycles. The second-order valence-electron chi connectivity index (χ2n) is 10.6. The number of carbonyl (C=O) groups excluding carboxylic acids is 1. The number of nitrogens with one attached hydrogen (secondary N) is 1. The number of amides is 1. The number of nitrogens with zero attached hydrogens (tertiary/aromatic N) is 1. The summed E-state index contributed by atoms with van der Waals surface area (Å²) >= 11 is 0. The van der Waals surface area contributed by atoms with Crippen LogP contribution in [0.1, 0.15) is 91.9 Å². The minimum absolute atomic E-state index is 0.0716. The lowest BCUT2D eigenvalue weighted by atomic mass is 9.56. The van der Waals surface area contributed by atoms with Crippen molar-refractivity contribution < 1.29 is 9.90 Å². The predicted octanol–water partition coefficient (Wildman–Crippen LogP) is 5.96. The number of rotatable bonds is 5. The third-order valence-electron chi connectivity index (χ3n) is 8.60. The molecule has 2 saturated carbocycles. The van der Waals surface area contributed by atoms with Crippen LogP contribution in [-0.4, -0.2) is 21.6 Å². The Bertz CT molecular complexity index is 1010. The van der Waals surface area contributed by atoms with Crippen molar-refractivity contribution >= 4 is 11.6 Å². The van der Waals surface area contributed by atoms with Crippen molar-refractivity contribution in [3.05, 3.63) is 58.9 Å². The van der Waals surface area contributed by atoms with Crippen LogP contribution in [0, 0.1) is 18.8 Å². The number of anilines is 1. The van der Waals surface area contributed by atoms with Crippen LogP contribution in [0.15, 0.2) is 36.5 Å². The van der Waals surface area contributed by atoms with Crippen molar-refractivity contribution in [1.82, 2.24) is 4.98 Å². The molecule has 1 amide bonds. The zero-order chi connectivity index (χ0) is 22.3. The fraction of sp³-hybridized carbons (Fsp3) is 0.571. The molecular formula is C28H36N2O2. The average molecular weight is 433 g/mol. The zero-order valence-corrected chi connectivity index (χ0v) is 19.5. The van der Waals surface area contributed by atoms with Crippen molar-refractivity contribution in [2.45, 2.75) is 89.1 Å². The van der Waals surface area contributed by atoms with Crippen molar-refractivity contribution in [2.75, 3.05) is 5.32 Å². The monoisotopic (exact) mass is 432 g/mol. The third kappa shape index (κ3) is 3.98. The van der Waals surface area contributed by atoms with E-state index in [4.69, 9.17) is 0 Å². The quantitative estimate of drug-likeness (QED) is 0.613. The molecule has 1 aromatic carbocycles. The first kappa shape index (κ1) is 21.6. The second-order valence-corrected chi connectivity index (χ2v) is 10.6. The normalized spacial score (nSPS) is 29.5. The molecule has 0 unspecified atom stereocenters. The first-order valence-electron chi connectivity index (χ1n) is 12.5. The van der Waals surface area contributed by atoms with Gasteiger partial charge in [-0.15, -0.1) is 0 Å². The van der Waals surface area contributed by atoms with E-state index in [9.17, 15) is 9.90 Å². The Morgan fingerprint density at radius 3 is 2.81 bits per heavy atom. The van der Waals surface area contributed by atoms with Crippen LogP contribution in [-0.2, 0) is 11.8 Å². The molecule has 3 atom stereocenters. The SMILES string of the molecule is CC[C@]12CC[C@@](O)(CC3CC3)C[C@H]1CCCc1cc(C(=O)Nc3cccnc3C)ccc12. The molecule has 2 aromatic rings. The van der Waals surface area contributed by atoms with Gasteiger partial charge in [-0.2, -0.15) is 0 Å². The summed E-state index contributed by atoms with van der Waals surface area (Å²) in [5, 5.41) is 14.4. The molecule has 0 bridgehead atoms. The number of carbonyl (C=O) groups is 1. The number of aliphatic hydroxyl groups is 1. The molecule has 4 heteroatoms. The van der Waals surface area contributed by atoms with E-state index in [1.807, 2.05) is 25.1 Å². The number of aryl methyl sites for hydroxylation is 2. The molecular weight excluding hydrogens is 396 g/mol. The molecule has 2 N–H and O–H groups in total. The molecule has 0 saturated heterocycles. The van der Waals surface area contributed by atoms with Crippen LogP contribution < -0.4 is 5.32 Å². The number of benzene rings is 1. The minimum Gasteiger partial charge on any atom is -0.390 e. The van der Waals surface area contributed by atoms with Crippen LogP contribution >= 0.6 is 0 Å². The van der Waals surface area contributed by atoms with Gasteiger partial charge >= 0.3 is 0 Å². The summed E-state index contributed by atoms with van der Waals surface area (Å²) in [7, 11) is 0. The van der Waals surface area contributed by atoms with Crippen LogP contribution in [0.4, 0.5) is 5.69 Å². The van der Waals surface area contributed by atoms with Gasteiger partial charge in [-0.25, -0.2) is 0 Å². The Hall–Kier alpha value is -2.20. The van der Waals surface area contributed by atoms with E-state index < -0.39 is 5.60 Å². The van der Waals surface area contributed by atoms with Crippen LogP contribution in [0.3, 0.4) is 0 Å². The van der Waals surface area contributed by atoms with Gasteiger partial charge in [-0.3, -0.25) is 9.78 Å². The fourth-order valence-electron chi connectivity index (χ4n) is 6.63. The number of hydrogen-bond acceptors (Lipinski definition) is 3. The number of pyridine rings is 1. The average Bonchev–Trinajstić information content (AvgIpc) is 3.60. The highest BCUT2D eigenvalue weighted by atomic mass is 16.3. The molecule has 5 rings (SSSR count). The summed E-state index contributed by atoms with van der Waals surface area (Å²) in [6.45, 7) is 4.23. The Morgan fingerprint density at radius 2 is 2.06 bits per heavy atom. The summed E-state index contributed by atoms with van der Waals surface area (Å²) < 4.78 is 0. The van der Waals surface area contributed by atoms with E-state index in [-0.39, 0.29) is 11.3 Å². The lowest BCUT2D eigenvalue weighted by Crippen LogP contribution is -2.47. The molecule has 3 aliphatic carbocycles. The lowest BCUT2D eigenvalue weighted by molar-refractivity contribution is -0.0573. The topological polar surface area (TPSA) is 62.2 Å². The van der Waals surface area contributed by atoms with E-state index in [1.165, 1.54) is 30.4 Å². The Kier molecular flexibility index (Phi) is 5.61. The van der Waals surface area contributed by atoms with Gasteiger partial charge in [0.05, 0.1) is 17.0 Å². The maximum atomic E-state index is 13.0. The van der Waals surface area contributed by atoms with Gasteiger partial charge in [0.1, 0.15) is 0 Å². The van der Waals surface area contributed by atoms with E-state index in [0.717, 1.165) is 67.8 Å². The van der Waals surface area contributed by atoms with E-state index in [0.29, 0.717) is 5.92 Å². The molecule has 3 aliphatic rings. The highest BCUT2D eigenvalue weighted by molar-refractivity contribution is 6.04. The fourth-order valence-corrected chi connectivity index (χ4v) is 6.63. The van der Waals surface area contributed by atoms with Gasteiger partial charge < -0.3 is 10.4 Å². The molecule has 0 aliphatic heterocycles. The van der Waals surface area contributed by atoms with Gasteiger partial charge in [0, 0.05) is 11.8 Å². The van der Waals surface area contributed by atoms with Gasteiger partial charge in [-0.05, 0) is 111 Å². The summed E-state index contributed by atoms with van der Waals surface area (Å²) in [5.74, 6) is 1.22. The first-order chi connectivity index (χ1) is 15.4. The van der Waals surface area contributed by atoms with Crippen LogP contribution in [0.5, 0.6) is 0 Å². The van der Waals surface area contributed by atoms with Gasteiger partial charge in [0.15, 0.2) is 0 Å². The minimum atomic E-state index is -0.462. The standard InChI is InChI=1S/C28H36N2O2/c1-3-28-14-13-27(32,17-20-9-10-20)18-23(28)7-4-6-21-16-22(11-12-24(21)28)26(31)30-25-8-5-15-29-19(25)2/h5,8,11-12,15-16,20,23,32H,3-4,6-7,9-10,13-14,17-18H2,1-2H3,(H,30,31)/t23-,27-,28+/m1/s1. The molecule has 1 heterocycles. The summed E-state index contributed by atoms with van der Waals surface area (Å²) in [5.41, 5.74) is 4.75. The van der Waals surface area contributed by atoms with Crippen molar-refractivity contribution in [3.8, 4) is 0 Å². The Labute approximate surface area is 191 Å². The van der Waals surface area contributed by atoms with Crippen molar-refractivity contribution in [3.63, 3.8) is 0 Å². The van der Waals surface area contributed by atoms with E-state index in [2.05, 4.69) is 29.4 Å². The van der Waals surface area contributed by atoms with Gasteiger partial charge in [-0.1, -0.05) is 25.8 Å². The summed E-state index contributed by atoms with van der Waals surface area (Å²) in [4.78, 5) is 17.3. The lowest BCUT2D eigenvalue weighted by Gasteiger charge is -2.50. The molecule has 170 valence electrons. The van der Waals surface area contributed by atoms with Gasteiger partial charge in [0.25, 0.3) is 5.91 Å². The maximum absolute atomic E-state index is 13.0. The van der Waals surface area contributed by atoms with Crippen molar-refractivity contribution in [2.24, 2.45) is 11.8 Å². The smallest absolute Gasteiger partial charge is 0.255 e. The largest absolute Gasteiger partial charge is 0.390 e. The Balaban J connectivity index is 1.42. The maximum Gasteiger partial charge on any atom is 0.255 e. The van der Waals surface area contributed by atoms with Crippen LogP contribution in [0.25, 0.3) is 0 Å². The highest BCUT2D eigenvalue weighted by Crippen LogP contribution is 2.55. The molecule has 2 fully saturated rings. The predicted molar refractivity (Wildman–Crippen MR) is 128 cm³/mol. The van der Waals surface area contributed by atoms with Crippen LogP contribution in [0.2, 0.25) is 0 Å². The third-order valence-corrected chi connectivity index (χ3v) is 8.60. The van der Waals surface area contributed by atoms with E-state index >= 15 is 0 Å². The molecule has 0 spiro atoms. The number of hydrogen-bond donors (Lipinski definition) is 2. The highest BCUT2D eigenvalue weighted by Gasteiger charge is 2.50. The molecule has 0 radical (unpaired) electrons. The first-order valence-corrected chi connectivity index (χ1v) is 12.5. The van der Waals surface area contributed by atoms with Crippen molar-refractivity contribution in [1.29, 1.82) is 0 Å². The number of fused-ring (bicyclic) bond motifs is 3. The van der Waals surface area contributed by atoms with E-state index in [1.54, 1.807) is 6.20 Å². The molecule has 4 nitrogen and oxygen atoms in total. The zero-order valence-electron chi connectivity index (χ0n) is 19.5. The number of aromatic nitrogens is 1. The summed E-state index contributed by atoms with van der Waals surface area (Å²) in [6.07, 6.45) is 12.7. The Morgan fingerprint density at radius 1 is 1.22 bits per heavy atom.